The molecule has 1 aliphatic heterocycles. The number of likely N-dealkylation sites (tertiary alicyclic amines) is 1. The Bertz CT molecular complexity index is 613. The van der Waals surface area contributed by atoms with Crippen molar-refractivity contribution in [3.05, 3.63) is 30.0 Å². The molecule has 0 spiro atoms. The number of nitrogens with one attached hydrogen (secondary N) is 2. The summed E-state index contributed by atoms with van der Waals surface area (Å²) in [5, 5.41) is 3.93. The number of aromatic amines is 1. The number of anilines is 1. The average Bonchev–Trinajstić information content (AvgIpc) is 3.06. The van der Waals surface area contributed by atoms with Gasteiger partial charge in [0.25, 0.3) is 5.91 Å². The number of nitrogens with two attached hydrogens (primary N) is 1. The molecule has 0 bridgehead atoms. The van der Waals surface area contributed by atoms with Crippen LogP contribution in [0.4, 0.5) is 5.69 Å². The molecule has 1 saturated heterocycles. The van der Waals surface area contributed by atoms with Crippen LogP contribution in [0.15, 0.2) is 24.3 Å². The summed E-state index contributed by atoms with van der Waals surface area (Å²) < 4.78 is 0. The van der Waals surface area contributed by atoms with E-state index in [1.54, 1.807) is 0 Å². The quantitative estimate of drug-likeness (QED) is 0.740. The molecule has 1 amide bonds. The van der Waals surface area contributed by atoms with Crippen LogP contribution in [0.1, 0.15) is 23.3 Å². The first-order chi connectivity index (χ1) is 9.72. The Morgan fingerprint density at radius 2 is 2.10 bits per heavy atom. The van der Waals surface area contributed by atoms with Crippen LogP contribution in [0.25, 0.3) is 10.9 Å². The van der Waals surface area contributed by atoms with Crippen molar-refractivity contribution in [2.75, 3.05) is 31.9 Å². The lowest BCUT2D eigenvalue weighted by atomic mass is 10.2. The van der Waals surface area contributed by atoms with E-state index in [9.17, 15) is 4.79 Å². The molecule has 2 heterocycles. The highest BCUT2D eigenvalue weighted by molar-refractivity contribution is 5.98. The lowest BCUT2D eigenvalue weighted by Gasteiger charge is -2.14. The summed E-state index contributed by atoms with van der Waals surface area (Å²) in [5.41, 5.74) is 7.97. The van der Waals surface area contributed by atoms with E-state index in [-0.39, 0.29) is 5.91 Å². The van der Waals surface area contributed by atoms with E-state index in [4.69, 9.17) is 5.73 Å². The van der Waals surface area contributed by atoms with Crippen molar-refractivity contribution in [3.63, 3.8) is 0 Å². The molecular weight excluding hydrogens is 252 g/mol. The third-order valence-corrected chi connectivity index (χ3v) is 3.80. The van der Waals surface area contributed by atoms with Crippen molar-refractivity contribution < 1.29 is 4.79 Å². The number of rotatable bonds is 4. The van der Waals surface area contributed by atoms with Gasteiger partial charge < -0.3 is 20.9 Å². The number of carbonyl (C=O) groups excluding carboxylic acids is 1. The molecule has 0 radical (unpaired) electrons. The van der Waals surface area contributed by atoms with Gasteiger partial charge in [0, 0.05) is 29.7 Å². The predicted molar refractivity (Wildman–Crippen MR) is 80.7 cm³/mol. The number of benzene rings is 1. The van der Waals surface area contributed by atoms with Gasteiger partial charge in [0.1, 0.15) is 5.69 Å². The maximum absolute atomic E-state index is 12.1. The van der Waals surface area contributed by atoms with Crippen molar-refractivity contribution in [1.29, 1.82) is 0 Å². The Morgan fingerprint density at radius 1 is 1.30 bits per heavy atom. The van der Waals surface area contributed by atoms with Gasteiger partial charge in [-0.15, -0.1) is 0 Å². The fraction of sp³-hybridized carbons (Fsp3) is 0.400. The molecule has 1 fully saturated rings. The zero-order chi connectivity index (χ0) is 13.9. The molecule has 1 aromatic heterocycles. The highest BCUT2D eigenvalue weighted by Gasteiger charge is 2.12. The summed E-state index contributed by atoms with van der Waals surface area (Å²) in [6.07, 6.45) is 2.55. The van der Waals surface area contributed by atoms with Crippen LogP contribution in [0.5, 0.6) is 0 Å². The molecule has 0 unspecified atom stereocenters. The molecule has 0 aliphatic carbocycles. The third kappa shape index (κ3) is 2.77. The van der Waals surface area contributed by atoms with E-state index in [1.165, 1.54) is 12.8 Å². The largest absolute Gasteiger partial charge is 0.399 e. The number of carbonyl (C=O) groups is 1. The first-order valence-corrected chi connectivity index (χ1v) is 7.11. The van der Waals surface area contributed by atoms with Gasteiger partial charge in [0.2, 0.25) is 0 Å². The standard InChI is InChI=1S/C15H20N4O/c16-12-3-4-13-11(9-12)10-14(18-13)15(20)17-5-8-19-6-1-2-7-19/h3-4,9-10,18H,1-2,5-8,16H2,(H,17,20). The van der Waals surface area contributed by atoms with Crippen LogP contribution in [-0.2, 0) is 0 Å². The molecule has 1 aromatic carbocycles. The molecule has 1 aliphatic rings. The second-order valence-electron chi connectivity index (χ2n) is 5.33. The minimum absolute atomic E-state index is 0.0565. The predicted octanol–water partition coefficient (Wildman–Crippen LogP) is 1.58. The summed E-state index contributed by atoms with van der Waals surface area (Å²) in [5.74, 6) is -0.0565. The molecule has 106 valence electrons. The summed E-state index contributed by atoms with van der Waals surface area (Å²) in [4.78, 5) is 17.6. The number of amides is 1. The Morgan fingerprint density at radius 3 is 2.90 bits per heavy atom. The van der Waals surface area contributed by atoms with Crippen LogP contribution in [0, 0.1) is 0 Å². The molecule has 2 aromatic rings. The first kappa shape index (κ1) is 13.0. The second-order valence-corrected chi connectivity index (χ2v) is 5.33. The van der Waals surface area contributed by atoms with Gasteiger partial charge in [-0.2, -0.15) is 0 Å². The molecule has 20 heavy (non-hydrogen) atoms. The Kier molecular flexibility index (Phi) is 3.60. The molecule has 5 heteroatoms. The van der Waals surface area contributed by atoms with E-state index in [0.29, 0.717) is 17.9 Å². The minimum Gasteiger partial charge on any atom is -0.399 e. The molecule has 4 N–H and O–H groups in total. The fourth-order valence-electron chi connectivity index (χ4n) is 2.70. The molecule has 0 saturated carbocycles. The summed E-state index contributed by atoms with van der Waals surface area (Å²) in [6, 6.07) is 7.43. The normalized spacial score (nSPS) is 15.8. The maximum atomic E-state index is 12.1. The Balaban J connectivity index is 1.60. The second kappa shape index (κ2) is 5.54. The number of nitrogens with zero attached hydrogens (tertiary/aromatic N) is 1. The van der Waals surface area contributed by atoms with Crippen LogP contribution >= 0.6 is 0 Å². The lowest BCUT2D eigenvalue weighted by molar-refractivity contribution is 0.0945. The number of fused-ring (bicyclic) bond motifs is 1. The zero-order valence-corrected chi connectivity index (χ0v) is 11.5. The van der Waals surface area contributed by atoms with Crippen LogP contribution in [0.3, 0.4) is 0 Å². The molecule has 3 rings (SSSR count). The van der Waals surface area contributed by atoms with Gasteiger partial charge in [-0.1, -0.05) is 0 Å². The van der Waals surface area contributed by atoms with Gasteiger partial charge in [-0.25, -0.2) is 0 Å². The number of nitrogen functional groups attached to an aromatic ring is 1. The van der Waals surface area contributed by atoms with Gasteiger partial charge >= 0.3 is 0 Å². The SMILES string of the molecule is Nc1ccc2[nH]c(C(=O)NCCN3CCCC3)cc2c1. The summed E-state index contributed by atoms with van der Waals surface area (Å²) in [6.45, 7) is 3.93. The number of aromatic nitrogens is 1. The van der Waals surface area contributed by atoms with Crippen molar-refractivity contribution in [1.82, 2.24) is 15.2 Å². The smallest absolute Gasteiger partial charge is 0.267 e. The van der Waals surface area contributed by atoms with Crippen LogP contribution in [-0.4, -0.2) is 42.0 Å². The highest BCUT2D eigenvalue weighted by atomic mass is 16.1. The van der Waals surface area contributed by atoms with Crippen LogP contribution in [0.2, 0.25) is 0 Å². The van der Waals surface area contributed by atoms with E-state index in [1.807, 2.05) is 24.3 Å². The van der Waals surface area contributed by atoms with Crippen molar-refractivity contribution in [2.24, 2.45) is 0 Å². The van der Waals surface area contributed by atoms with Gasteiger partial charge in [-0.05, 0) is 50.2 Å². The first-order valence-electron chi connectivity index (χ1n) is 7.11. The number of hydrogen-bond acceptors (Lipinski definition) is 3. The number of H-pyrrole nitrogens is 1. The van der Waals surface area contributed by atoms with Gasteiger partial charge in [-0.3, -0.25) is 4.79 Å². The zero-order valence-electron chi connectivity index (χ0n) is 11.5. The summed E-state index contributed by atoms with van der Waals surface area (Å²) in [7, 11) is 0. The topological polar surface area (TPSA) is 74.1 Å². The Hall–Kier alpha value is -2.01. The maximum Gasteiger partial charge on any atom is 0.267 e. The minimum atomic E-state index is -0.0565. The Labute approximate surface area is 118 Å². The van der Waals surface area contributed by atoms with Crippen LogP contribution < -0.4 is 11.1 Å². The monoisotopic (exact) mass is 272 g/mol. The van der Waals surface area contributed by atoms with E-state index < -0.39 is 0 Å². The fourth-order valence-corrected chi connectivity index (χ4v) is 2.70. The molecule has 0 atom stereocenters. The van der Waals surface area contributed by atoms with Crippen molar-refractivity contribution in [3.8, 4) is 0 Å². The average molecular weight is 272 g/mol. The lowest BCUT2D eigenvalue weighted by Crippen LogP contribution is -2.33. The van der Waals surface area contributed by atoms with Crippen molar-refractivity contribution >= 4 is 22.5 Å². The molecular formula is C15H20N4O. The van der Waals surface area contributed by atoms with Crippen molar-refractivity contribution in [2.45, 2.75) is 12.8 Å². The number of hydrogen-bond donors (Lipinski definition) is 3. The third-order valence-electron chi connectivity index (χ3n) is 3.80. The van der Waals surface area contributed by atoms with E-state index in [2.05, 4.69) is 15.2 Å². The summed E-state index contributed by atoms with van der Waals surface area (Å²) >= 11 is 0. The van der Waals surface area contributed by atoms with Gasteiger partial charge in [0.05, 0.1) is 0 Å². The van der Waals surface area contributed by atoms with Gasteiger partial charge in [0.15, 0.2) is 0 Å². The van der Waals surface area contributed by atoms with E-state index >= 15 is 0 Å². The molecule has 5 nitrogen and oxygen atoms in total. The highest BCUT2D eigenvalue weighted by Crippen LogP contribution is 2.18. The van der Waals surface area contributed by atoms with E-state index in [0.717, 1.165) is 30.5 Å².